The van der Waals surface area contributed by atoms with Crippen molar-refractivity contribution in [3.8, 4) is 11.4 Å². The molecule has 1 unspecified atom stereocenters. The number of likely N-dealkylation sites (tertiary alicyclic amines) is 1. The number of halogens is 1. The zero-order valence-corrected chi connectivity index (χ0v) is 21.0. The molecule has 2 aromatic rings. The second kappa shape index (κ2) is 14.4. The molecule has 0 saturated carbocycles. The van der Waals surface area contributed by atoms with E-state index >= 15 is 0 Å². The highest BCUT2D eigenvalue weighted by Crippen LogP contribution is 2.32. The summed E-state index contributed by atoms with van der Waals surface area (Å²) in [6.07, 6.45) is 17.8. The Hall–Kier alpha value is -1.88. The average molecular weight is 474 g/mol. The Kier molecular flexibility index (Phi) is 11.2. The van der Waals surface area contributed by atoms with Crippen LogP contribution in [0.15, 0.2) is 28.8 Å². The van der Waals surface area contributed by atoms with Gasteiger partial charge in [0.2, 0.25) is 17.6 Å². The number of unbranched alkanes of at least 4 members (excludes halogenated alkanes) is 10. The van der Waals surface area contributed by atoms with Crippen molar-refractivity contribution in [3.05, 3.63) is 35.2 Å². The first kappa shape index (κ1) is 25.7. The van der Waals surface area contributed by atoms with Crippen LogP contribution in [0.2, 0.25) is 5.02 Å². The van der Waals surface area contributed by atoms with Gasteiger partial charge in [-0.3, -0.25) is 4.79 Å². The molecule has 1 aliphatic rings. The topological polar surface area (TPSA) is 59.2 Å². The minimum atomic E-state index is -0.104. The number of aromatic nitrogens is 2. The highest BCUT2D eigenvalue weighted by Gasteiger charge is 2.31. The van der Waals surface area contributed by atoms with Crippen molar-refractivity contribution in [2.45, 2.75) is 109 Å². The van der Waals surface area contributed by atoms with Gasteiger partial charge in [-0.15, -0.1) is 0 Å². The van der Waals surface area contributed by atoms with Gasteiger partial charge in [-0.05, 0) is 49.9 Å². The van der Waals surface area contributed by atoms with Crippen LogP contribution in [0.25, 0.3) is 11.4 Å². The van der Waals surface area contributed by atoms with Crippen LogP contribution < -0.4 is 0 Å². The molecular formula is C27H40ClN3O2. The van der Waals surface area contributed by atoms with Gasteiger partial charge in [0.1, 0.15) is 6.04 Å². The van der Waals surface area contributed by atoms with Gasteiger partial charge < -0.3 is 9.42 Å². The van der Waals surface area contributed by atoms with Gasteiger partial charge in [0.05, 0.1) is 0 Å². The molecule has 1 fully saturated rings. The number of benzene rings is 1. The van der Waals surface area contributed by atoms with Gasteiger partial charge in [0, 0.05) is 23.6 Å². The molecule has 6 heteroatoms. The molecule has 182 valence electrons. The summed E-state index contributed by atoms with van der Waals surface area (Å²) in [5.74, 6) is 1.32. The average Bonchev–Trinajstić information content (AvgIpc) is 3.33. The standard InChI is InChI=1S/C27H40ClN3O2/c1-2-3-4-5-6-7-8-9-10-11-12-16-25(32)31-21-14-13-15-24(31)27-29-26(30-33-27)22-17-19-23(28)20-18-22/h17-20,24H,2-16,21H2,1H3. The maximum Gasteiger partial charge on any atom is 0.249 e. The number of amides is 1. The van der Waals surface area contributed by atoms with Gasteiger partial charge in [-0.25, -0.2) is 0 Å². The SMILES string of the molecule is CCCCCCCCCCCCCC(=O)N1CCCCC1c1nc(-c2ccc(Cl)cc2)no1. The lowest BCUT2D eigenvalue weighted by Gasteiger charge is -2.33. The molecule has 0 spiro atoms. The number of hydrogen-bond donors (Lipinski definition) is 0. The van der Waals surface area contributed by atoms with Crippen molar-refractivity contribution in [2.24, 2.45) is 0 Å². The molecule has 1 aromatic carbocycles. The normalized spacial score (nSPS) is 16.3. The Morgan fingerprint density at radius 2 is 1.61 bits per heavy atom. The zero-order valence-electron chi connectivity index (χ0n) is 20.2. The molecule has 1 aliphatic heterocycles. The van der Waals surface area contributed by atoms with Crippen molar-refractivity contribution >= 4 is 17.5 Å². The summed E-state index contributed by atoms with van der Waals surface area (Å²) in [6, 6.07) is 7.29. The van der Waals surface area contributed by atoms with E-state index in [1.807, 2.05) is 29.2 Å². The fourth-order valence-electron chi connectivity index (χ4n) is 4.66. The Morgan fingerprint density at radius 1 is 0.970 bits per heavy atom. The Bertz CT molecular complexity index is 821. The maximum atomic E-state index is 13.0. The predicted molar refractivity (Wildman–Crippen MR) is 134 cm³/mol. The molecule has 0 N–H and O–H groups in total. The van der Waals surface area contributed by atoms with E-state index in [-0.39, 0.29) is 11.9 Å². The summed E-state index contributed by atoms with van der Waals surface area (Å²) >= 11 is 5.98. The quantitative estimate of drug-likeness (QED) is 0.260. The fourth-order valence-corrected chi connectivity index (χ4v) is 4.78. The second-order valence-electron chi connectivity index (χ2n) is 9.35. The first-order valence-corrected chi connectivity index (χ1v) is 13.5. The van der Waals surface area contributed by atoms with E-state index in [1.165, 1.54) is 57.8 Å². The van der Waals surface area contributed by atoms with Crippen molar-refractivity contribution in [1.82, 2.24) is 15.0 Å². The molecule has 1 atom stereocenters. The van der Waals surface area contributed by atoms with Crippen molar-refractivity contribution in [2.75, 3.05) is 6.54 Å². The molecule has 2 heterocycles. The minimum absolute atomic E-state index is 0.104. The summed E-state index contributed by atoms with van der Waals surface area (Å²) in [5, 5.41) is 4.82. The highest BCUT2D eigenvalue weighted by molar-refractivity contribution is 6.30. The fraction of sp³-hybridized carbons (Fsp3) is 0.667. The number of carbonyl (C=O) groups excluding carboxylic acids is 1. The van der Waals surface area contributed by atoms with Crippen LogP contribution in [-0.2, 0) is 4.79 Å². The Labute approximate surface area is 204 Å². The highest BCUT2D eigenvalue weighted by atomic mass is 35.5. The van der Waals surface area contributed by atoms with Crippen molar-refractivity contribution in [3.63, 3.8) is 0 Å². The number of piperidine rings is 1. The van der Waals surface area contributed by atoms with Gasteiger partial charge in [0.25, 0.3) is 0 Å². The van der Waals surface area contributed by atoms with Crippen molar-refractivity contribution < 1.29 is 9.32 Å². The van der Waals surface area contributed by atoms with E-state index in [1.54, 1.807) is 0 Å². The molecule has 33 heavy (non-hydrogen) atoms. The molecular weight excluding hydrogens is 434 g/mol. The number of nitrogens with zero attached hydrogens (tertiary/aromatic N) is 3. The molecule has 0 radical (unpaired) electrons. The van der Waals surface area contributed by atoms with E-state index in [4.69, 9.17) is 16.1 Å². The first-order valence-electron chi connectivity index (χ1n) is 13.1. The van der Waals surface area contributed by atoms with Crippen LogP contribution >= 0.6 is 11.6 Å². The maximum absolute atomic E-state index is 13.0. The van der Waals surface area contributed by atoms with Crippen LogP contribution in [-0.4, -0.2) is 27.5 Å². The van der Waals surface area contributed by atoms with E-state index < -0.39 is 0 Å². The van der Waals surface area contributed by atoms with E-state index in [9.17, 15) is 4.79 Å². The van der Waals surface area contributed by atoms with Crippen LogP contribution in [0.1, 0.15) is 115 Å². The second-order valence-corrected chi connectivity index (χ2v) is 9.78. The molecule has 1 amide bonds. The molecule has 1 saturated heterocycles. The molecule has 0 bridgehead atoms. The first-order chi connectivity index (χ1) is 16.2. The van der Waals surface area contributed by atoms with Gasteiger partial charge in [-0.2, -0.15) is 4.98 Å². The smallest absolute Gasteiger partial charge is 0.249 e. The number of hydrogen-bond acceptors (Lipinski definition) is 4. The number of rotatable bonds is 14. The summed E-state index contributed by atoms with van der Waals surface area (Å²) in [4.78, 5) is 19.6. The Balaban J connectivity index is 1.39. The third-order valence-corrected chi connectivity index (χ3v) is 6.90. The Morgan fingerprint density at radius 3 is 2.27 bits per heavy atom. The zero-order chi connectivity index (χ0) is 23.3. The van der Waals surface area contributed by atoms with Crippen LogP contribution in [0.4, 0.5) is 0 Å². The van der Waals surface area contributed by atoms with E-state index in [2.05, 4.69) is 17.1 Å². The summed E-state index contributed by atoms with van der Waals surface area (Å²) in [6.45, 7) is 3.04. The van der Waals surface area contributed by atoms with Gasteiger partial charge in [-0.1, -0.05) is 87.9 Å². The van der Waals surface area contributed by atoms with E-state index in [0.29, 0.717) is 23.2 Å². The van der Waals surface area contributed by atoms with Crippen LogP contribution in [0.5, 0.6) is 0 Å². The summed E-state index contributed by atoms with van der Waals surface area (Å²) < 4.78 is 5.59. The lowest BCUT2D eigenvalue weighted by Crippen LogP contribution is -2.38. The minimum Gasteiger partial charge on any atom is -0.337 e. The van der Waals surface area contributed by atoms with E-state index in [0.717, 1.165) is 44.2 Å². The third-order valence-electron chi connectivity index (χ3n) is 6.65. The lowest BCUT2D eigenvalue weighted by atomic mass is 10.0. The molecule has 0 aliphatic carbocycles. The van der Waals surface area contributed by atoms with Gasteiger partial charge >= 0.3 is 0 Å². The predicted octanol–water partition coefficient (Wildman–Crippen LogP) is 8.14. The largest absolute Gasteiger partial charge is 0.337 e. The molecule has 3 rings (SSSR count). The molecule has 5 nitrogen and oxygen atoms in total. The summed E-state index contributed by atoms with van der Waals surface area (Å²) in [5.41, 5.74) is 0.865. The van der Waals surface area contributed by atoms with Crippen molar-refractivity contribution in [1.29, 1.82) is 0 Å². The van der Waals surface area contributed by atoms with Gasteiger partial charge in [0.15, 0.2) is 0 Å². The molecule has 1 aromatic heterocycles. The monoisotopic (exact) mass is 473 g/mol. The van der Waals surface area contributed by atoms with Crippen LogP contribution in [0.3, 0.4) is 0 Å². The third kappa shape index (κ3) is 8.44. The number of carbonyl (C=O) groups is 1. The lowest BCUT2D eigenvalue weighted by molar-refractivity contribution is -0.135. The van der Waals surface area contributed by atoms with Crippen LogP contribution in [0, 0.1) is 0 Å². The summed E-state index contributed by atoms with van der Waals surface area (Å²) in [7, 11) is 0.